The number of rotatable bonds is 4. The van der Waals surface area contributed by atoms with E-state index in [0.717, 1.165) is 20.1 Å². The maximum absolute atomic E-state index is 10.2. The third-order valence-corrected chi connectivity index (χ3v) is 4.17. The topological polar surface area (TPSA) is 20.2 Å². The van der Waals surface area contributed by atoms with E-state index in [1.165, 1.54) is 0 Å². The van der Waals surface area contributed by atoms with Crippen LogP contribution < -0.4 is 0 Å². The Morgan fingerprint density at radius 1 is 1.00 bits per heavy atom. The average molecular weight is 405 g/mol. The van der Waals surface area contributed by atoms with Crippen LogP contribution in [0, 0.1) is 0 Å². The first-order chi connectivity index (χ1) is 9.04. The van der Waals surface area contributed by atoms with Gasteiger partial charge in [0.1, 0.15) is 0 Å². The first-order valence-corrected chi connectivity index (χ1v) is 7.87. The highest BCUT2D eigenvalue weighted by molar-refractivity contribution is 9.10. The summed E-state index contributed by atoms with van der Waals surface area (Å²) in [4.78, 5) is 0. The number of hydrogen-bond donors (Lipinski definition) is 1. The van der Waals surface area contributed by atoms with Crippen molar-refractivity contribution in [1.29, 1.82) is 0 Å². The lowest BCUT2D eigenvalue weighted by Gasteiger charge is -2.12. The van der Waals surface area contributed by atoms with Crippen molar-refractivity contribution in [3.8, 4) is 0 Å². The third-order valence-electron chi connectivity index (χ3n) is 2.83. The lowest BCUT2D eigenvalue weighted by molar-refractivity contribution is 0.175. The summed E-state index contributed by atoms with van der Waals surface area (Å²) in [6, 6.07) is 13.7. The van der Waals surface area contributed by atoms with Gasteiger partial charge in [-0.2, -0.15) is 0 Å². The predicted molar refractivity (Wildman–Crippen MR) is 86.7 cm³/mol. The van der Waals surface area contributed by atoms with Crippen LogP contribution in [0.2, 0.25) is 5.02 Å². The molecule has 4 heteroatoms. The summed E-state index contributed by atoms with van der Waals surface area (Å²) in [6.07, 6.45) is 0.734. The van der Waals surface area contributed by atoms with Crippen LogP contribution in [0.15, 0.2) is 51.4 Å². The molecule has 0 radical (unpaired) electrons. The van der Waals surface area contributed by atoms with E-state index in [0.29, 0.717) is 17.9 Å². The van der Waals surface area contributed by atoms with E-state index in [2.05, 4.69) is 31.9 Å². The Hall–Kier alpha value is -0.350. The molecular formula is C15H13Br2ClO. The van der Waals surface area contributed by atoms with Gasteiger partial charge >= 0.3 is 0 Å². The van der Waals surface area contributed by atoms with Crippen molar-refractivity contribution in [2.45, 2.75) is 18.9 Å². The molecule has 100 valence electrons. The van der Waals surface area contributed by atoms with Crippen molar-refractivity contribution in [2.24, 2.45) is 0 Å². The molecule has 19 heavy (non-hydrogen) atoms. The number of halogens is 3. The van der Waals surface area contributed by atoms with Crippen LogP contribution in [0.25, 0.3) is 0 Å². The Balaban J connectivity index is 2.03. The zero-order valence-corrected chi connectivity index (χ0v) is 14.0. The maximum Gasteiger partial charge on any atom is 0.0621 e. The third kappa shape index (κ3) is 4.60. The summed E-state index contributed by atoms with van der Waals surface area (Å²) in [5.74, 6) is 0. The first kappa shape index (κ1) is 15.0. The van der Waals surface area contributed by atoms with Crippen LogP contribution in [0.1, 0.15) is 11.1 Å². The molecule has 2 aromatic carbocycles. The van der Waals surface area contributed by atoms with Crippen molar-refractivity contribution < 1.29 is 5.11 Å². The molecule has 1 N–H and O–H groups in total. The Morgan fingerprint density at radius 3 is 2.42 bits per heavy atom. The van der Waals surface area contributed by atoms with Crippen LogP contribution in [-0.4, -0.2) is 11.2 Å². The average Bonchev–Trinajstić information content (AvgIpc) is 2.33. The lowest BCUT2D eigenvalue weighted by atomic mass is 10.0. The first-order valence-electron chi connectivity index (χ1n) is 5.91. The Kier molecular flexibility index (Phi) is 5.46. The number of benzene rings is 2. The zero-order chi connectivity index (χ0) is 13.8. The summed E-state index contributed by atoms with van der Waals surface area (Å²) < 4.78 is 1.97. The zero-order valence-electron chi connectivity index (χ0n) is 10.1. The van der Waals surface area contributed by atoms with Crippen molar-refractivity contribution in [1.82, 2.24) is 0 Å². The van der Waals surface area contributed by atoms with Gasteiger partial charge in [-0.05, 0) is 41.8 Å². The quantitative estimate of drug-likeness (QED) is 0.759. The van der Waals surface area contributed by atoms with Gasteiger partial charge in [-0.3, -0.25) is 0 Å². The van der Waals surface area contributed by atoms with Crippen LogP contribution >= 0.6 is 43.5 Å². The summed E-state index contributed by atoms with van der Waals surface area (Å²) in [5.41, 5.74) is 2.07. The fraction of sp³-hybridized carbons (Fsp3) is 0.200. The molecule has 0 aliphatic carbocycles. The van der Waals surface area contributed by atoms with E-state index in [4.69, 9.17) is 11.6 Å². The van der Waals surface area contributed by atoms with Gasteiger partial charge in [-0.15, -0.1) is 0 Å². The number of aliphatic hydroxyl groups excluding tert-OH is 1. The van der Waals surface area contributed by atoms with E-state index >= 15 is 0 Å². The standard InChI is InChI=1S/C15H13Br2ClO/c16-12-3-1-2-10(6-12)7-14(19)8-11-4-5-13(17)9-15(11)18/h1-6,9,14,19H,7-8H2. The molecule has 1 unspecified atom stereocenters. The summed E-state index contributed by atoms with van der Waals surface area (Å²) in [6.45, 7) is 0. The molecule has 0 amide bonds. The minimum Gasteiger partial charge on any atom is -0.392 e. The second kappa shape index (κ2) is 6.89. The second-order valence-electron chi connectivity index (χ2n) is 4.43. The fourth-order valence-electron chi connectivity index (χ4n) is 1.95. The molecule has 0 saturated carbocycles. The predicted octanol–water partition coefficient (Wildman–Crippen LogP) is 5.01. The van der Waals surface area contributed by atoms with Crippen LogP contribution in [-0.2, 0) is 12.8 Å². The highest BCUT2D eigenvalue weighted by Gasteiger charge is 2.10. The smallest absolute Gasteiger partial charge is 0.0621 e. The molecule has 1 atom stereocenters. The monoisotopic (exact) mass is 402 g/mol. The highest BCUT2D eigenvalue weighted by atomic mass is 79.9. The van der Waals surface area contributed by atoms with Crippen molar-refractivity contribution in [2.75, 3.05) is 0 Å². The normalized spacial score (nSPS) is 12.4. The minimum absolute atomic E-state index is 0.437. The van der Waals surface area contributed by atoms with Gasteiger partial charge < -0.3 is 5.11 Å². The Labute approximate surface area is 134 Å². The number of aliphatic hydroxyl groups is 1. The largest absolute Gasteiger partial charge is 0.392 e. The van der Waals surface area contributed by atoms with Gasteiger partial charge in [0.25, 0.3) is 0 Å². The van der Waals surface area contributed by atoms with Crippen molar-refractivity contribution in [3.63, 3.8) is 0 Å². The molecule has 0 aliphatic rings. The van der Waals surface area contributed by atoms with Gasteiger partial charge in [0, 0.05) is 20.4 Å². The van der Waals surface area contributed by atoms with E-state index in [-0.39, 0.29) is 0 Å². The maximum atomic E-state index is 10.2. The van der Waals surface area contributed by atoms with Crippen molar-refractivity contribution in [3.05, 3.63) is 67.6 Å². The molecule has 0 bridgehead atoms. The van der Waals surface area contributed by atoms with Gasteiger partial charge in [0.15, 0.2) is 0 Å². The fourth-order valence-corrected chi connectivity index (χ4v) is 3.15. The Bertz CT molecular complexity index is 572. The summed E-state index contributed by atoms with van der Waals surface area (Å²) in [5, 5.41) is 10.8. The van der Waals surface area contributed by atoms with E-state index < -0.39 is 6.10 Å². The van der Waals surface area contributed by atoms with Gasteiger partial charge in [-0.1, -0.05) is 61.7 Å². The molecule has 0 aliphatic heterocycles. The van der Waals surface area contributed by atoms with Crippen LogP contribution in [0.3, 0.4) is 0 Å². The molecule has 0 fully saturated rings. The second-order valence-corrected chi connectivity index (χ2v) is 6.67. The Morgan fingerprint density at radius 2 is 1.74 bits per heavy atom. The molecule has 0 saturated heterocycles. The van der Waals surface area contributed by atoms with E-state index in [1.54, 1.807) is 0 Å². The highest BCUT2D eigenvalue weighted by Crippen LogP contribution is 2.23. The molecule has 0 heterocycles. The molecule has 1 nitrogen and oxygen atoms in total. The summed E-state index contributed by atoms with van der Waals surface area (Å²) >= 11 is 13.0. The lowest BCUT2D eigenvalue weighted by Crippen LogP contribution is -2.14. The van der Waals surface area contributed by atoms with Crippen molar-refractivity contribution >= 4 is 43.5 Å². The molecule has 0 aromatic heterocycles. The minimum atomic E-state index is -0.437. The SMILES string of the molecule is OC(Cc1cccc(Br)c1)Cc1ccc(Br)cc1Cl. The van der Waals surface area contributed by atoms with Gasteiger partial charge in [0.05, 0.1) is 6.10 Å². The van der Waals surface area contributed by atoms with E-state index in [1.807, 2.05) is 42.5 Å². The molecule has 2 aromatic rings. The van der Waals surface area contributed by atoms with Gasteiger partial charge in [-0.25, -0.2) is 0 Å². The molecular weight excluding hydrogens is 391 g/mol. The van der Waals surface area contributed by atoms with E-state index in [9.17, 15) is 5.11 Å². The van der Waals surface area contributed by atoms with Crippen LogP contribution in [0.4, 0.5) is 0 Å². The summed E-state index contributed by atoms with van der Waals surface area (Å²) in [7, 11) is 0. The number of hydrogen-bond acceptors (Lipinski definition) is 1. The molecule has 2 rings (SSSR count). The molecule has 0 spiro atoms. The van der Waals surface area contributed by atoms with Gasteiger partial charge in [0.2, 0.25) is 0 Å². The van der Waals surface area contributed by atoms with Crippen LogP contribution in [0.5, 0.6) is 0 Å².